The van der Waals surface area contributed by atoms with Gasteiger partial charge in [0.2, 0.25) is 11.7 Å². The van der Waals surface area contributed by atoms with Crippen molar-refractivity contribution in [3.8, 4) is 11.4 Å². The second-order valence-electron chi connectivity index (χ2n) is 9.09. The minimum Gasteiger partial charge on any atom is -0.464 e. The molecule has 5 rings (SSSR count). The molecule has 1 N–H and O–H groups in total. The van der Waals surface area contributed by atoms with Gasteiger partial charge in [0, 0.05) is 16.5 Å². The van der Waals surface area contributed by atoms with E-state index in [0.717, 1.165) is 30.6 Å². The number of halogens is 1. The number of hydrogen-bond acceptors (Lipinski definition) is 7. The van der Waals surface area contributed by atoms with E-state index in [1.54, 1.807) is 31.2 Å². The molecule has 3 heterocycles. The smallest absolute Gasteiger partial charge is 0.250 e. The zero-order valence-electron chi connectivity index (χ0n) is 20.3. The third-order valence-electron chi connectivity index (χ3n) is 6.35. The van der Waals surface area contributed by atoms with Crippen molar-refractivity contribution in [3.05, 3.63) is 76.1 Å². The molecule has 4 aromatic rings. The predicted octanol–water partition coefficient (Wildman–Crippen LogP) is 4.27. The molecule has 1 aliphatic rings. The molecule has 9 nitrogen and oxygen atoms in total. The lowest BCUT2D eigenvalue weighted by atomic mass is 10.1. The predicted molar refractivity (Wildman–Crippen MR) is 135 cm³/mol. The molecular formula is C26H27FN6O3S. The first-order valence-corrected chi connectivity index (χ1v) is 13.1. The quantitative estimate of drug-likeness (QED) is 0.352. The van der Waals surface area contributed by atoms with Gasteiger partial charge in [0.25, 0.3) is 5.91 Å². The maximum absolute atomic E-state index is 13.7. The van der Waals surface area contributed by atoms with Crippen molar-refractivity contribution >= 4 is 23.2 Å². The Morgan fingerprint density at radius 1 is 1.19 bits per heavy atom. The second kappa shape index (κ2) is 11.0. The van der Waals surface area contributed by atoms with Crippen molar-refractivity contribution in [2.75, 3.05) is 0 Å². The molecule has 0 unspecified atom stereocenters. The number of benzene rings is 1. The van der Waals surface area contributed by atoms with Crippen LogP contribution in [0.4, 0.5) is 4.39 Å². The maximum Gasteiger partial charge on any atom is 0.250 e. The fourth-order valence-corrected chi connectivity index (χ4v) is 5.21. The molecule has 0 radical (unpaired) electrons. The molecule has 192 valence electrons. The summed E-state index contributed by atoms with van der Waals surface area (Å²) in [6.07, 6.45) is 3.98. The molecule has 1 aliphatic carbocycles. The average molecular weight is 523 g/mol. The fraction of sp³-hybridized carbons (Fsp3) is 0.346. The number of nitrogens with zero attached hydrogens (tertiary/aromatic N) is 5. The number of carbonyl (C=O) groups is 2. The van der Waals surface area contributed by atoms with Crippen LogP contribution < -0.4 is 5.32 Å². The van der Waals surface area contributed by atoms with Crippen molar-refractivity contribution in [3.63, 3.8) is 0 Å². The van der Waals surface area contributed by atoms with Crippen LogP contribution >= 0.6 is 11.3 Å². The van der Waals surface area contributed by atoms with Gasteiger partial charge in [0.1, 0.15) is 23.9 Å². The number of tetrazole rings is 1. The van der Waals surface area contributed by atoms with Gasteiger partial charge < -0.3 is 14.6 Å². The van der Waals surface area contributed by atoms with Crippen LogP contribution in [0.3, 0.4) is 0 Å². The zero-order chi connectivity index (χ0) is 25.8. The lowest BCUT2D eigenvalue weighted by Crippen LogP contribution is -2.46. The molecule has 1 saturated carbocycles. The Morgan fingerprint density at radius 3 is 2.65 bits per heavy atom. The number of aromatic nitrogens is 4. The van der Waals surface area contributed by atoms with E-state index in [2.05, 4.69) is 20.7 Å². The summed E-state index contributed by atoms with van der Waals surface area (Å²) in [6, 6.07) is 12.2. The number of thiophene rings is 1. The third kappa shape index (κ3) is 5.93. The molecule has 2 amide bonds. The van der Waals surface area contributed by atoms with Gasteiger partial charge in [-0.05, 0) is 72.8 Å². The van der Waals surface area contributed by atoms with Crippen LogP contribution in [-0.4, -0.2) is 43.0 Å². The zero-order valence-corrected chi connectivity index (χ0v) is 21.2. The second-order valence-corrected chi connectivity index (χ2v) is 10.1. The Balaban J connectivity index is 1.42. The average Bonchev–Trinajstić information content (AvgIpc) is 3.69. The van der Waals surface area contributed by atoms with Crippen molar-refractivity contribution in [2.24, 2.45) is 0 Å². The molecule has 1 atom stereocenters. The monoisotopic (exact) mass is 522 g/mol. The van der Waals surface area contributed by atoms with Crippen molar-refractivity contribution in [1.29, 1.82) is 0 Å². The number of carbonyl (C=O) groups excluding carboxylic acids is 2. The van der Waals surface area contributed by atoms with E-state index in [-0.39, 0.29) is 42.6 Å². The number of hydrogen-bond donors (Lipinski definition) is 1. The van der Waals surface area contributed by atoms with Gasteiger partial charge in [-0.2, -0.15) is 4.80 Å². The van der Waals surface area contributed by atoms with E-state index in [1.165, 1.54) is 33.2 Å². The Morgan fingerprint density at radius 2 is 1.97 bits per heavy atom. The Hall–Kier alpha value is -3.86. The molecule has 0 aliphatic heterocycles. The van der Waals surface area contributed by atoms with E-state index in [0.29, 0.717) is 17.1 Å². The number of furan rings is 1. The van der Waals surface area contributed by atoms with Gasteiger partial charge in [-0.1, -0.05) is 18.9 Å². The molecular weight excluding hydrogens is 495 g/mol. The van der Waals surface area contributed by atoms with Gasteiger partial charge >= 0.3 is 0 Å². The largest absolute Gasteiger partial charge is 0.464 e. The lowest BCUT2D eigenvalue weighted by Gasteiger charge is -2.30. The summed E-state index contributed by atoms with van der Waals surface area (Å²) < 4.78 is 19.2. The molecule has 1 fully saturated rings. The van der Waals surface area contributed by atoms with Crippen LogP contribution in [0.2, 0.25) is 0 Å². The topological polar surface area (TPSA) is 106 Å². The van der Waals surface area contributed by atoms with E-state index >= 15 is 0 Å². The normalized spacial score (nSPS) is 14.5. The highest BCUT2D eigenvalue weighted by atomic mass is 32.1. The summed E-state index contributed by atoms with van der Waals surface area (Å²) in [7, 11) is 0. The minimum absolute atomic E-state index is 0.0833. The summed E-state index contributed by atoms with van der Waals surface area (Å²) in [5.41, 5.74) is 0.579. The Kier molecular flexibility index (Phi) is 7.40. The molecule has 0 spiro atoms. The Labute approximate surface area is 217 Å². The highest BCUT2D eigenvalue weighted by Gasteiger charge is 2.36. The SMILES string of the molecule is Cc1ccc([C@H](C(=O)NC2CCCC2)N(Cc2cccs2)C(=O)Cn2nnc(-c3ccc(F)cc3)n2)o1. The van der Waals surface area contributed by atoms with Crippen molar-refractivity contribution in [1.82, 2.24) is 30.4 Å². The molecule has 3 aromatic heterocycles. The first kappa shape index (κ1) is 24.8. The van der Waals surface area contributed by atoms with Crippen LogP contribution in [0.5, 0.6) is 0 Å². The molecule has 11 heteroatoms. The van der Waals surface area contributed by atoms with E-state index in [4.69, 9.17) is 4.42 Å². The minimum atomic E-state index is -0.955. The van der Waals surface area contributed by atoms with Crippen molar-refractivity contribution < 1.29 is 18.4 Å². The summed E-state index contributed by atoms with van der Waals surface area (Å²) in [5, 5.41) is 17.4. The van der Waals surface area contributed by atoms with Gasteiger partial charge in [0.05, 0.1) is 6.54 Å². The Bertz CT molecular complexity index is 1340. The van der Waals surface area contributed by atoms with Gasteiger partial charge in [-0.25, -0.2) is 4.39 Å². The standard InChI is InChI=1S/C26H27FN6O3S/c1-17-8-13-22(36-17)24(26(35)28-20-5-2-3-6-20)32(15-21-7-4-14-37-21)23(34)16-33-30-25(29-31-33)18-9-11-19(27)12-10-18/h4,7-14,20,24H,2-3,5-6,15-16H2,1H3,(H,28,35)/t24-/m1/s1. The highest BCUT2D eigenvalue weighted by Crippen LogP contribution is 2.28. The number of nitrogens with one attached hydrogen (secondary N) is 1. The molecule has 0 bridgehead atoms. The van der Waals surface area contributed by atoms with Crippen molar-refractivity contribution in [2.45, 2.75) is 57.8 Å². The maximum atomic E-state index is 13.7. The number of amides is 2. The van der Waals surface area contributed by atoms with Gasteiger partial charge in [0.15, 0.2) is 6.04 Å². The van der Waals surface area contributed by atoms with Crippen LogP contribution in [0.1, 0.15) is 48.1 Å². The molecule has 0 saturated heterocycles. The number of aryl methyl sites for hydroxylation is 1. The summed E-state index contributed by atoms with van der Waals surface area (Å²) >= 11 is 1.50. The fourth-order valence-electron chi connectivity index (χ4n) is 4.51. The van der Waals surface area contributed by atoms with Crippen LogP contribution in [0, 0.1) is 12.7 Å². The lowest BCUT2D eigenvalue weighted by molar-refractivity contribution is -0.143. The summed E-state index contributed by atoms with van der Waals surface area (Å²) in [6.45, 7) is 1.79. The molecule has 1 aromatic carbocycles. The molecule has 37 heavy (non-hydrogen) atoms. The summed E-state index contributed by atoms with van der Waals surface area (Å²) in [5.74, 6) is 0.317. The number of rotatable bonds is 9. The summed E-state index contributed by atoms with van der Waals surface area (Å²) in [4.78, 5) is 30.9. The third-order valence-corrected chi connectivity index (χ3v) is 7.21. The highest BCUT2D eigenvalue weighted by molar-refractivity contribution is 7.09. The van der Waals surface area contributed by atoms with Crippen LogP contribution in [0.15, 0.2) is 58.3 Å². The van der Waals surface area contributed by atoms with E-state index < -0.39 is 6.04 Å². The van der Waals surface area contributed by atoms with E-state index in [9.17, 15) is 14.0 Å². The van der Waals surface area contributed by atoms with Crippen LogP contribution in [-0.2, 0) is 22.7 Å². The first-order valence-electron chi connectivity index (χ1n) is 12.2. The first-order chi connectivity index (χ1) is 18.0. The van der Waals surface area contributed by atoms with Gasteiger partial charge in [-0.15, -0.1) is 21.5 Å². The van der Waals surface area contributed by atoms with Crippen LogP contribution in [0.25, 0.3) is 11.4 Å². The van der Waals surface area contributed by atoms with E-state index in [1.807, 2.05) is 17.5 Å². The van der Waals surface area contributed by atoms with Gasteiger partial charge in [-0.3, -0.25) is 9.59 Å².